The van der Waals surface area contributed by atoms with E-state index < -0.39 is 0 Å². The molecule has 0 N–H and O–H groups in total. The molecule has 50 valence electrons. The minimum absolute atomic E-state index is 1.00. The Morgan fingerprint density at radius 1 is 1.20 bits per heavy atom. The number of terminal acetylenes is 1. The Bertz CT molecular complexity index is 264. The molecule has 2 heteroatoms. The Hall–Kier alpha value is 0.240. The van der Waals surface area contributed by atoms with Gasteiger partial charge in [-0.05, 0) is 57.3 Å². The quantitative estimate of drug-likeness (QED) is 0.497. The van der Waals surface area contributed by atoms with E-state index in [-0.39, 0.29) is 0 Å². The van der Waals surface area contributed by atoms with Crippen LogP contribution in [0.3, 0.4) is 0 Å². The second-order valence-electron chi connectivity index (χ2n) is 1.74. The highest BCUT2D eigenvalue weighted by atomic mass is 127. The Morgan fingerprint density at radius 3 is 2.00 bits per heavy atom. The van der Waals surface area contributed by atoms with Crippen molar-refractivity contribution >= 4 is 45.2 Å². The van der Waals surface area contributed by atoms with Gasteiger partial charge in [-0.1, -0.05) is 12.0 Å². The predicted molar refractivity (Wildman–Crippen MR) is 59.8 cm³/mol. The van der Waals surface area contributed by atoms with Gasteiger partial charge in [-0.3, -0.25) is 0 Å². The van der Waals surface area contributed by atoms with Gasteiger partial charge in [0.15, 0.2) is 0 Å². The van der Waals surface area contributed by atoms with Gasteiger partial charge in [0.25, 0.3) is 0 Å². The summed E-state index contributed by atoms with van der Waals surface area (Å²) in [5.41, 5.74) is 1.00. The molecule has 0 heterocycles. The Labute approximate surface area is 87.7 Å². The van der Waals surface area contributed by atoms with E-state index in [1.807, 2.05) is 18.2 Å². The normalized spacial score (nSPS) is 8.90. The van der Waals surface area contributed by atoms with Gasteiger partial charge in [0.2, 0.25) is 0 Å². The topological polar surface area (TPSA) is 0 Å². The maximum absolute atomic E-state index is 5.29. The largest absolute Gasteiger partial charge is 0.115 e. The fourth-order valence-corrected chi connectivity index (χ4v) is 2.46. The van der Waals surface area contributed by atoms with Crippen LogP contribution < -0.4 is 0 Å². The third-order valence-electron chi connectivity index (χ3n) is 1.11. The maximum atomic E-state index is 5.29. The van der Waals surface area contributed by atoms with Crippen molar-refractivity contribution in [1.82, 2.24) is 0 Å². The molecule has 0 aromatic heterocycles. The molecule has 0 unspecified atom stereocenters. The summed E-state index contributed by atoms with van der Waals surface area (Å²) in [6.07, 6.45) is 5.29. The van der Waals surface area contributed by atoms with Gasteiger partial charge >= 0.3 is 0 Å². The van der Waals surface area contributed by atoms with E-state index in [1.165, 1.54) is 0 Å². The van der Waals surface area contributed by atoms with E-state index >= 15 is 0 Å². The van der Waals surface area contributed by atoms with Crippen LogP contribution in [0.5, 0.6) is 0 Å². The van der Waals surface area contributed by atoms with Crippen molar-refractivity contribution in [3.05, 3.63) is 30.9 Å². The zero-order valence-electron chi connectivity index (χ0n) is 5.07. The molecule has 10 heavy (non-hydrogen) atoms. The Kier molecular flexibility index (Phi) is 2.98. The first-order valence-electron chi connectivity index (χ1n) is 2.66. The van der Waals surface area contributed by atoms with Crippen LogP contribution in [-0.2, 0) is 0 Å². The highest BCUT2D eigenvalue weighted by Crippen LogP contribution is 2.16. The summed E-state index contributed by atoms with van der Waals surface area (Å²) in [5.74, 6) is 2.65. The van der Waals surface area contributed by atoms with Crippen molar-refractivity contribution < 1.29 is 0 Å². The zero-order valence-corrected chi connectivity index (χ0v) is 9.38. The fourth-order valence-electron chi connectivity index (χ4n) is 0.636. The zero-order chi connectivity index (χ0) is 7.56. The van der Waals surface area contributed by atoms with E-state index in [1.54, 1.807) is 0 Å². The average Bonchev–Trinajstić information content (AvgIpc) is 1.88. The van der Waals surface area contributed by atoms with E-state index in [2.05, 4.69) is 51.1 Å². The van der Waals surface area contributed by atoms with E-state index in [4.69, 9.17) is 6.42 Å². The van der Waals surface area contributed by atoms with E-state index in [0.29, 0.717) is 0 Å². The van der Waals surface area contributed by atoms with Crippen molar-refractivity contribution in [2.75, 3.05) is 0 Å². The second-order valence-corrected chi connectivity index (χ2v) is 4.07. The fraction of sp³-hybridized carbons (Fsp3) is 0. The van der Waals surface area contributed by atoms with Gasteiger partial charge in [-0.25, -0.2) is 0 Å². The Balaban J connectivity index is 3.34. The minimum atomic E-state index is 1.00. The lowest BCUT2D eigenvalue weighted by Crippen LogP contribution is -1.84. The van der Waals surface area contributed by atoms with Crippen LogP contribution in [0.15, 0.2) is 18.2 Å². The summed E-state index contributed by atoms with van der Waals surface area (Å²) in [6.45, 7) is 0. The van der Waals surface area contributed by atoms with Gasteiger partial charge in [-0.15, -0.1) is 6.42 Å². The van der Waals surface area contributed by atoms with Gasteiger partial charge in [-0.2, -0.15) is 0 Å². The molecule has 0 radical (unpaired) electrons. The van der Waals surface area contributed by atoms with Gasteiger partial charge < -0.3 is 0 Å². The van der Waals surface area contributed by atoms with Crippen LogP contribution in [0.4, 0.5) is 0 Å². The Morgan fingerprint density at radius 2 is 1.70 bits per heavy atom. The lowest BCUT2D eigenvalue weighted by Gasteiger charge is -1.96. The summed E-state index contributed by atoms with van der Waals surface area (Å²) in [6, 6.07) is 6.03. The first-order chi connectivity index (χ1) is 4.75. The summed E-state index contributed by atoms with van der Waals surface area (Å²) in [7, 11) is 0. The lowest BCUT2D eigenvalue weighted by atomic mass is 10.2. The van der Waals surface area contributed by atoms with Crippen LogP contribution in [0, 0.1) is 19.5 Å². The summed E-state index contributed by atoms with van der Waals surface area (Å²) in [5, 5.41) is 0. The van der Waals surface area contributed by atoms with Gasteiger partial charge in [0.05, 0.1) is 5.56 Å². The third kappa shape index (κ3) is 1.64. The number of hydrogen-bond acceptors (Lipinski definition) is 0. The molecule has 0 aliphatic carbocycles. The molecular weight excluding hydrogens is 350 g/mol. The molecule has 0 aliphatic heterocycles. The predicted octanol–water partition coefficient (Wildman–Crippen LogP) is 2.88. The van der Waals surface area contributed by atoms with Crippen molar-refractivity contribution in [3.8, 4) is 12.3 Å². The van der Waals surface area contributed by atoms with Crippen molar-refractivity contribution in [3.63, 3.8) is 0 Å². The van der Waals surface area contributed by atoms with Crippen molar-refractivity contribution in [1.29, 1.82) is 0 Å². The molecule has 0 nitrogen and oxygen atoms in total. The molecule has 1 aromatic carbocycles. The molecule has 0 spiro atoms. The van der Waals surface area contributed by atoms with Crippen LogP contribution in [-0.4, -0.2) is 0 Å². The molecule has 0 aliphatic rings. The first-order valence-corrected chi connectivity index (χ1v) is 4.82. The number of benzene rings is 1. The van der Waals surface area contributed by atoms with Crippen LogP contribution in [0.2, 0.25) is 0 Å². The highest BCUT2D eigenvalue weighted by molar-refractivity contribution is 14.1. The first kappa shape index (κ1) is 8.34. The number of hydrogen-bond donors (Lipinski definition) is 0. The lowest BCUT2D eigenvalue weighted by molar-refractivity contribution is 1.53. The van der Waals surface area contributed by atoms with E-state index in [9.17, 15) is 0 Å². The summed E-state index contributed by atoms with van der Waals surface area (Å²) < 4.78 is 2.29. The number of halogens is 2. The second kappa shape index (κ2) is 3.58. The number of rotatable bonds is 0. The maximum Gasteiger partial charge on any atom is 0.0509 e. The summed E-state index contributed by atoms with van der Waals surface area (Å²) in [4.78, 5) is 0. The van der Waals surface area contributed by atoms with Crippen LogP contribution in [0.1, 0.15) is 5.56 Å². The van der Waals surface area contributed by atoms with Crippen molar-refractivity contribution in [2.45, 2.75) is 0 Å². The highest BCUT2D eigenvalue weighted by Gasteiger charge is 1.98. The molecule has 0 saturated heterocycles. The smallest absolute Gasteiger partial charge is 0.0509 e. The van der Waals surface area contributed by atoms with Crippen LogP contribution >= 0.6 is 45.2 Å². The average molecular weight is 354 g/mol. The minimum Gasteiger partial charge on any atom is -0.115 e. The molecule has 0 saturated carbocycles. The molecule has 1 aromatic rings. The molecular formula is C8H4I2. The molecule has 1 rings (SSSR count). The molecule has 0 fully saturated rings. The van der Waals surface area contributed by atoms with Gasteiger partial charge in [0, 0.05) is 7.14 Å². The van der Waals surface area contributed by atoms with Crippen molar-refractivity contribution in [2.24, 2.45) is 0 Å². The third-order valence-corrected chi connectivity index (χ3v) is 2.91. The van der Waals surface area contributed by atoms with Crippen LogP contribution in [0.25, 0.3) is 0 Å². The molecule has 0 bridgehead atoms. The summed E-state index contributed by atoms with van der Waals surface area (Å²) >= 11 is 4.48. The molecule has 0 amide bonds. The van der Waals surface area contributed by atoms with Gasteiger partial charge in [0.1, 0.15) is 0 Å². The molecule has 0 atom stereocenters. The van der Waals surface area contributed by atoms with E-state index in [0.717, 1.165) is 12.7 Å². The standard InChI is InChI=1S/C8H4I2/c1-2-6-7(9)4-3-5-8(6)10/h1,3-5H. The monoisotopic (exact) mass is 354 g/mol. The SMILES string of the molecule is C#Cc1c(I)cccc1I.